The maximum absolute atomic E-state index is 11.9. The highest BCUT2D eigenvalue weighted by molar-refractivity contribution is 7.91. The molecule has 0 fully saturated rings. The molecule has 1 aliphatic rings. The van der Waals surface area contributed by atoms with Gasteiger partial charge in [-0.2, -0.15) is 4.98 Å². The molecule has 100 valence electrons. The maximum Gasteiger partial charge on any atom is 0.237 e. The van der Waals surface area contributed by atoms with Gasteiger partial charge in [0.05, 0.1) is 17.6 Å². The van der Waals surface area contributed by atoms with Gasteiger partial charge in [-0.05, 0) is 24.4 Å². The Balaban J connectivity index is 2.48. The van der Waals surface area contributed by atoms with E-state index in [2.05, 4.69) is 9.97 Å². The Bertz CT molecular complexity index is 572. The molecule has 0 bridgehead atoms. The third-order valence-corrected chi connectivity index (χ3v) is 4.98. The lowest BCUT2D eigenvalue weighted by atomic mass is 10.1. The zero-order valence-electron chi connectivity index (χ0n) is 10.5. The summed E-state index contributed by atoms with van der Waals surface area (Å²) in [6, 6.07) is 0. The summed E-state index contributed by atoms with van der Waals surface area (Å²) < 4.78 is 29.5. The molecule has 0 amide bonds. The summed E-state index contributed by atoms with van der Waals surface area (Å²) >= 11 is 5.79. The minimum absolute atomic E-state index is 0.0248. The van der Waals surface area contributed by atoms with Crippen LogP contribution in [-0.4, -0.2) is 30.2 Å². The number of nitrogens with zero attached hydrogens (tertiary/aromatic N) is 2. The van der Waals surface area contributed by atoms with Crippen molar-refractivity contribution >= 4 is 21.4 Å². The number of hydrogen-bond donors (Lipinski definition) is 0. The number of fused-ring (bicyclic) bond motifs is 1. The van der Waals surface area contributed by atoms with E-state index in [1.165, 1.54) is 0 Å². The first-order valence-corrected chi connectivity index (χ1v) is 7.80. The van der Waals surface area contributed by atoms with Crippen LogP contribution in [0.15, 0.2) is 4.90 Å². The second kappa shape index (κ2) is 4.66. The summed E-state index contributed by atoms with van der Waals surface area (Å²) in [6.07, 6.45) is 0.225. The molecule has 0 aromatic carbocycles. The molecule has 2 rings (SSSR count). The van der Waals surface area contributed by atoms with Gasteiger partial charge >= 0.3 is 0 Å². The number of aryl methyl sites for hydroxylation is 1. The predicted octanol–water partition coefficient (Wildman–Crippen LogP) is 1.88. The highest BCUT2D eigenvalue weighted by atomic mass is 35.5. The van der Waals surface area contributed by atoms with Crippen molar-refractivity contribution in [3.63, 3.8) is 0 Å². The Morgan fingerprint density at radius 2 is 1.94 bits per heavy atom. The topological polar surface area (TPSA) is 69.2 Å². The smallest absolute Gasteiger partial charge is 0.237 e. The molecule has 0 saturated heterocycles. The monoisotopic (exact) mass is 290 g/mol. The van der Waals surface area contributed by atoms with Crippen LogP contribution in [0.1, 0.15) is 26.5 Å². The van der Waals surface area contributed by atoms with E-state index in [4.69, 9.17) is 16.3 Å². The second-order valence-electron chi connectivity index (χ2n) is 4.71. The van der Waals surface area contributed by atoms with Crippen LogP contribution in [0.2, 0.25) is 5.28 Å². The number of rotatable bonds is 3. The van der Waals surface area contributed by atoms with E-state index in [9.17, 15) is 8.42 Å². The van der Waals surface area contributed by atoms with Crippen molar-refractivity contribution < 1.29 is 13.2 Å². The molecule has 18 heavy (non-hydrogen) atoms. The summed E-state index contributed by atoms with van der Waals surface area (Å²) in [5, 5.41) is 0.0248. The Labute approximate surface area is 111 Å². The summed E-state index contributed by atoms with van der Waals surface area (Å²) in [4.78, 5) is 7.98. The molecule has 5 nitrogen and oxygen atoms in total. The zero-order chi connectivity index (χ0) is 13.5. The van der Waals surface area contributed by atoms with E-state index >= 15 is 0 Å². The Morgan fingerprint density at radius 1 is 1.28 bits per heavy atom. The fourth-order valence-electron chi connectivity index (χ4n) is 1.65. The van der Waals surface area contributed by atoms with Gasteiger partial charge in [-0.25, -0.2) is 13.4 Å². The lowest BCUT2D eigenvalue weighted by molar-refractivity contribution is 0.158. The van der Waals surface area contributed by atoms with Crippen LogP contribution in [0.25, 0.3) is 0 Å². The molecular weight excluding hydrogens is 276 g/mol. The van der Waals surface area contributed by atoms with Gasteiger partial charge < -0.3 is 4.74 Å². The molecule has 2 heterocycles. The largest absolute Gasteiger partial charge is 0.473 e. The van der Waals surface area contributed by atoms with Gasteiger partial charge in [-0.1, -0.05) is 13.8 Å². The standard InChI is InChI=1S/C11H15ClN2O3S/c1-6(2)7(3)17-10-9-8(13-11(12)14-10)4-5-18(9,15)16/h6-7H,4-5H2,1-3H3. The maximum atomic E-state index is 11.9. The molecule has 1 unspecified atom stereocenters. The normalized spacial score (nSPS) is 18.7. The lowest BCUT2D eigenvalue weighted by Gasteiger charge is -2.18. The summed E-state index contributed by atoms with van der Waals surface area (Å²) in [5.41, 5.74) is 0.459. The van der Waals surface area contributed by atoms with Crippen LogP contribution < -0.4 is 4.74 Å². The first-order valence-electron chi connectivity index (χ1n) is 5.77. The van der Waals surface area contributed by atoms with Crippen LogP contribution in [-0.2, 0) is 16.3 Å². The van der Waals surface area contributed by atoms with Gasteiger partial charge in [0, 0.05) is 6.42 Å². The van der Waals surface area contributed by atoms with E-state index < -0.39 is 9.84 Å². The van der Waals surface area contributed by atoms with Crippen molar-refractivity contribution in [3.8, 4) is 5.88 Å². The number of ether oxygens (including phenoxy) is 1. The molecule has 0 N–H and O–H groups in total. The average Bonchev–Trinajstić information content (AvgIpc) is 2.54. The Kier molecular flexibility index (Phi) is 3.51. The van der Waals surface area contributed by atoms with Gasteiger partial charge in [0.15, 0.2) is 14.7 Å². The molecule has 0 radical (unpaired) electrons. The van der Waals surface area contributed by atoms with Crippen molar-refractivity contribution in [2.45, 2.75) is 38.2 Å². The van der Waals surface area contributed by atoms with Gasteiger partial charge in [0.2, 0.25) is 11.2 Å². The second-order valence-corrected chi connectivity index (χ2v) is 7.09. The van der Waals surface area contributed by atoms with E-state index in [1.54, 1.807) is 0 Å². The first kappa shape index (κ1) is 13.5. The highest BCUT2D eigenvalue weighted by Crippen LogP contribution is 2.33. The van der Waals surface area contributed by atoms with Crippen LogP contribution in [0.3, 0.4) is 0 Å². The van der Waals surface area contributed by atoms with Crippen molar-refractivity contribution in [2.24, 2.45) is 5.92 Å². The summed E-state index contributed by atoms with van der Waals surface area (Å²) in [7, 11) is -3.33. The fourth-order valence-corrected chi connectivity index (χ4v) is 3.36. The van der Waals surface area contributed by atoms with Crippen LogP contribution in [0.5, 0.6) is 5.88 Å². The van der Waals surface area contributed by atoms with Crippen molar-refractivity contribution in [2.75, 3.05) is 5.75 Å². The van der Waals surface area contributed by atoms with Crippen molar-refractivity contribution in [1.82, 2.24) is 9.97 Å². The molecule has 0 spiro atoms. The molecule has 0 saturated carbocycles. The fraction of sp³-hybridized carbons (Fsp3) is 0.636. The van der Waals surface area contributed by atoms with E-state index in [-0.39, 0.29) is 33.8 Å². The quantitative estimate of drug-likeness (QED) is 0.795. The van der Waals surface area contributed by atoms with Gasteiger partial charge in [0.1, 0.15) is 0 Å². The van der Waals surface area contributed by atoms with Crippen molar-refractivity contribution in [3.05, 3.63) is 11.0 Å². The summed E-state index contributed by atoms with van der Waals surface area (Å²) in [6.45, 7) is 5.85. The predicted molar refractivity (Wildman–Crippen MR) is 67.7 cm³/mol. The van der Waals surface area contributed by atoms with Crippen LogP contribution in [0, 0.1) is 5.92 Å². The van der Waals surface area contributed by atoms with E-state index in [1.807, 2.05) is 20.8 Å². The third kappa shape index (κ3) is 2.44. The van der Waals surface area contributed by atoms with Gasteiger partial charge in [0.25, 0.3) is 0 Å². The van der Waals surface area contributed by atoms with Crippen LogP contribution in [0.4, 0.5) is 0 Å². The first-order chi connectivity index (χ1) is 8.31. The molecule has 1 aromatic heterocycles. The molecule has 1 aliphatic heterocycles. The number of hydrogen-bond acceptors (Lipinski definition) is 5. The molecule has 1 aromatic rings. The number of aromatic nitrogens is 2. The van der Waals surface area contributed by atoms with Gasteiger partial charge in [-0.3, -0.25) is 0 Å². The Hall–Kier alpha value is -0.880. The van der Waals surface area contributed by atoms with Gasteiger partial charge in [-0.15, -0.1) is 0 Å². The Morgan fingerprint density at radius 3 is 2.56 bits per heavy atom. The summed E-state index contributed by atoms with van der Waals surface area (Å²) in [5.74, 6) is 0.381. The minimum Gasteiger partial charge on any atom is -0.473 e. The molecule has 1 atom stereocenters. The molecular formula is C11H15ClN2O3S. The SMILES string of the molecule is CC(C)C(C)Oc1nc(Cl)nc2c1S(=O)(=O)CC2. The number of halogens is 1. The number of sulfone groups is 1. The highest BCUT2D eigenvalue weighted by Gasteiger charge is 2.34. The van der Waals surface area contributed by atoms with E-state index in [0.717, 1.165) is 0 Å². The van der Waals surface area contributed by atoms with Crippen molar-refractivity contribution in [1.29, 1.82) is 0 Å². The van der Waals surface area contributed by atoms with Crippen LogP contribution >= 0.6 is 11.6 Å². The third-order valence-electron chi connectivity index (χ3n) is 3.03. The zero-order valence-corrected chi connectivity index (χ0v) is 12.0. The molecule has 0 aliphatic carbocycles. The average molecular weight is 291 g/mol. The van der Waals surface area contributed by atoms with E-state index in [0.29, 0.717) is 12.1 Å². The molecule has 7 heteroatoms. The minimum atomic E-state index is -3.33. The lowest BCUT2D eigenvalue weighted by Crippen LogP contribution is -2.21.